The van der Waals surface area contributed by atoms with Gasteiger partial charge in [0.15, 0.2) is 0 Å². The monoisotopic (exact) mass is 139 g/mol. The zero-order chi connectivity index (χ0) is 5.58. The van der Waals surface area contributed by atoms with Crippen LogP contribution < -0.4 is 0 Å². The van der Waals surface area contributed by atoms with Crippen LogP contribution in [0.4, 0.5) is 0 Å². The molecule has 0 heterocycles. The molecule has 1 N–H and O–H groups in total. The van der Waals surface area contributed by atoms with Crippen molar-refractivity contribution in [2.75, 3.05) is 0 Å². The summed E-state index contributed by atoms with van der Waals surface area (Å²) in [5, 5.41) is 7.42. The third-order valence-electron chi connectivity index (χ3n) is 0. The summed E-state index contributed by atoms with van der Waals surface area (Å²) in [6, 6.07) is 0. The summed E-state index contributed by atoms with van der Waals surface area (Å²) in [5.41, 5.74) is 0. The molecule has 4 heteroatoms. The zero-order valence-electron chi connectivity index (χ0n) is 3.07. The van der Waals surface area contributed by atoms with Crippen LogP contribution in [0.25, 0.3) is 0 Å². The summed E-state index contributed by atoms with van der Waals surface area (Å²) in [7, 11) is 0. The molecular weight excluding hydrogens is 136 g/mol. The van der Waals surface area contributed by atoms with E-state index in [9.17, 15) is 0 Å². The molecule has 41 valence electrons. The minimum absolute atomic E-state index is 0.833. The molecule has 0 aliphatic heterocycles. The van der Waals surface area contributed by atoms with Crippen molar-refractivity contribution in [3.8, 4) is 0 Å². The van der Waals surface area contributed by atoms with Crippen LogP contribution in [0.1, 0.15) is 6.92 Å². The summed E-state index contributed by atoms with van der Waals surface area (Å²) in [5.74, 6) is -0.833. The minimum atomic E-state index is -0.833. The molecule has 0 atom stereocenters. The number of hydrogen-bond donors (Lipinski definition) is 1. The molecule has 0 aromatic rings. The fourth-order valence-corrected chi connectivity index (χ4v) is 0. The third-order valence-corrected chi connectivity index (χ3v) is 0. The Hall–Kier alpha value is -0.211. The van der Waals surface area contributed by atoms with E-state index < -0.39 is 5.97 Å². The van der Waals surface area contributed by atoms with Crippen molar-refractivity contribution in [2.45, 2.75) is 6.92 Å². The Balaban J connectivity index is 0. The summed E-state index contributed by atoms with van der Waals surface area (Å²) >= 11 is 2.94. The van der Waals surface area contributed by atoms with E-state index in [1.54, 1.807) is 0 Å². The van der Waals surface area contributed by atoms with Crippen molar-refractivity contribution in [3.05, 3.63) is 0 Å². The van der Waals surface area contributed by atoms with Crippen molar-refractivity contribution < 1.29 is 29.7 Å². The molecule has 0 bridgehead atoms. The molecule has 0 fully saturated rings. The van der Waals surface area contributed by atoms with E-state index in [2.05, 4.69) is 15.9 Å². The molecule has 0 rings (SSSR count). The van der Waals surface area contributed by atoms with Crippen molar-refractivity contribution in [2.24, 2.45) is 0 Å². The van der Waals surface area contributed by atoms with Gasteiger partial charge in [0, 0.05) is 6.92 Å². The molecule has 0 radical (unpaired) electrons. The van der Waals surface area contributed by atoms with Gasteiger partial charge in [0.05, 0.1) is 0 Å². The Bertz CT molecular complexity index is 40.1. The topological polar surface area (TPSA) is 54.4 Å². The molecule has 0 spiro atoms. The van der Waals surface area contributed by atoms with Gasteiger partial charge in [-0.25, -0.2) is 0 Å². The molecule has 0 saturated carbocycles. The Morgan fingerprint density at radius 3 is 1.67 bits per heavy atom. The molecule has 0 aliphatic rings. The van der Waals surface area contributed by atoms with E-state index >= 15 is 0 Å². The van der Waals surface area contributed by atoms with Gasteiger partial charge in [-0.05, 0) is 0 Å². The number of aliphatic carboxylic acids is 1. The second-order valence-electron chi connectivity index (χ2n) is 0.519. The third kappa shape index (κ3) is 665. The van der Waals surface area contributed by atoms with E-state index in [1.165, 1.54) is 0 Å². The summed E-state index contributed by atoms with van der Waals surface area (Å²) in [4.78, 5) is 9.00. The van der Waals surface area contributed by atoms with Gasteiger partial charge in [0.2, 0.25) is 0 Å². The number of hydrogen-bond acceptors (Lipinski definition) is 2. The van der Waals surface area contributed by atoms with Crippen LogP contribution in [0.3, 0.4) is 0 Å². The van der Waals surface area contributed by atoms with Crippen molar-refractivity contribution in [1.82, 2.24) is 0 Å². The molecule has 0 amide bonds. The predicted octanol–water partition coefficient (Wildman–Crippen LogP) is -0.0304. The van der Waals surface area contributed by atoms with Crippen molar-refractivity contribution in [3.63, 3.8) is 0 Å². The van der Waals surface area contributed by atoms with E-state index in [0.29, 0.717) is 0 Å². The van der Waals surface area contributed by atoms with Gasteiger partial charge >= 0.3 is 19.8 Å². The van der Waals surface area contributed by atoms with Crippen LogP contribution in [-0.4, -0.2) is 11.1 Å². The summed E-state index contributed by atoms with van der Waals surface area (Å²) in [6.07, 6.45) is 0. The first-order chi connectivity index (χ1) is 2.73. The van der Waals surface area contributed by atoms with Gasteiger partial charge in [-0.3, -0.25) is 4.79 Å². The van der Waals surface area contributed by atoms with Crippen LogP contribution in [0.15, 0.2) is 0 Å². The normalized spacial score (nSPS) is 5.17. The number of carboxylic acids is 1. The second kappa shape index (κ2) is 8.84. The van der Waals surface area contributed by atoms with Gasteiger partial charge in [-0.2, -0.15) is 0 Å². The van der Waals surface area contributed by atoms with Gasteiger partial charge < -0.3 is 5.11 Å². The maximum atomic E-state index is 9.00. The standard InChI is InChI=1S/C2H4O2.Cu.O/c1-2(3)4;;/h1H3,(H,3,4);;. The molecule has 3 nitrogen and oxygen atoms in total. The van der Waals surface area contributed by atoms with E-state index in [0.717, 1.165) is 6.92 Å². The molecule has 0 aromatic carbocycles. The Labute approximate surface area is 43.4 Å². The Morgan fingerprint density at radius 1 is 1.67 bits per heavy atom. The van der Waals surface area contributed by atoms with Crippen LogP contribution in [0.5, 0.6) is 0 Å². The summed E-state index contributed by atoms with van der Waals surface area (Å²) < 4.78 is 7.81. The maximum absolute atomic E-state index is 9.00. The van der Waals surface area contributed by atoms with E-state index in [-0.39, 0.29) is 0 Å². The van der Waals surface area contributed by atoms with Crippen molar-refractivity contribution in [1.29, 1.82) is 0 Å². The quantitative estimate of drug-likeness (QED) is 0.480. The average Bonchev–Trinajstić information content (AvgIpc) is 1.41. The summed E-state index contributed by atoms with van der Waals surface area (Å²) in [6.45, 7) is 1.08. The fraction of sp³-hybridized carbons (Fsp3) is 0.500. The van der Waals surface area contributed by atoms with Crippen molar-refractivity contribution >= 4 is 5.97 Å². The number of rotatable bonds is 0. The molecular formula is C2H4CuO3. The van der Waals surface area contributed by atoms with Crippen LogP contribution in [-0.2, 0) is 24.6 Å². The number of carboxylic acid groups (broad SMARTS) is 1. The second-order valence-corrected chi connectivity index (χ2v) is 0.519. The van der Waals surface area contributed by atoms with Crippen LogP contribution >= 0.6 is 0 Å². The van der Waals surface area contributed by atoms with E-state index in [1.807, 2.05) is 0 Å². The van der Waals surface area contributed by atoms with Gasteiger partial charge in [-0.15, -0.1) is 0 Å². The molecule has 6 heavy (non-hydrogen) atoms. The van der Waals surface area contributed by atoms with E-state index in [4.69, 9.17) is 13.7 Å². The zero-order valence-corrected chi connectivity index (χ0v) is 4.01. The first-order valence-electron chi connectivity index (χ1n) is 1.05. The molecule has 0 saturated heterocycles. The molecule has 0 aliphatic carbocycles. The van der Waals surface area contributed by atoms with Gasteiger partial charge in [0.25, 0.3) is 5.97 Å². The first kappa shape index (κ1) is 9.25. The number of carbonyl (C=O) groups is 1. The fourth-order valence-electron chi connectivity index (χ4n) is 0. The van der Waals surface area contributed by atoms with Crippen LogP contribution in [0, 0.1) is 0 Å². The predicted molar refractivity (Wildman–Crippen MR) is 14.0 cm³/mol. The van der Waals surface area contributed by atoms with Gasteiger partial charge in [-0.1, -0.05) is 0 Å². The SMILES string of the molecule is CC(=O)O.[O]=[Cu]. The molecule has 0 aromatic heterocycles. The van der Waals surface area contributed by atoms with Crippen LogP contribution in [0.2, 0.25) is 0 Å². The van der Waals surface area contributed by atoms with Gasteiger partial charge in [0.1, 0.15) is 0 Å². The average molecular weight is 140 g/mol. The first-order valence-corrected chi connectivity index (χ1v) is 1.44. The molecule has 0 unspecified atom stereocenters. The Morgan fingerprint density at radius 2 is 1.67 bits per heavy atom. The Kier molecular flexibility index (Phi) is 13.6.